The summed E-state index contributed by atoms with van der Waals surface area (Å²) in [4.78, 5) is 17.7. The first-order valence-corrected chi connectivity index (χ1v) is 11.8. The summed E-state index contributed by atoms with van der Waals surface area (Å²) in [7, 11) is 3.61. The fraction of sp³-hybridized carbons (Fsp3) is 0.577. The van der Waals surface area contributed by atoms with Gasteiger partial charge in [0.1, 0.15) is 5.60 Å². The van der Waals surface area contributed by atoms with Crippen molar-refractivity contribution in [1.82, 2.24) is 15.1 Å². The van der Waals surface area contributed by atoms with Crippen molar-refractivity contribution in [3.05, 3.63) is 48.1 Å². The van der Waals surface area contributed by atoms with Crippen molar-refractivity contribution >= 4 is 17.3 Å². The fourth-order valence-electron chi connectivity index (χ4n) is 5.33. The number of rotatable bonds is 5. The molecule has 2 bridgehead atoms. The number of nitrogens with zero attached hydrogens (tertiary/aromatic N) is 3. The molecule has 0 aromatic heterocycles. The van der Waals surface area contributed by atoms with E-state index in [1.807, 2.05) is 24.3 Å². The molecule has 1 aromatic carbocycles. The lowest BCUT2D eigenvalue weighted by atomic mass is 9.84. The molecule has 7 heteroatoms. The maximum Gasteiger partial charge on any atom is 0.322 e. The molecule has 1 aliphatic carbocycles. The first-order chi connectivity index (χ1) is 15.5. The van der Waals surface area contributed by atoms with Gasteiger partial charge in [0.2, 0.25) is 0 Å². The third kappa shape index (κ3) is 4.67. The normalized spacial score (nSPS) is 29.2. The highest BCUT2D eigenvalue weighted by Gasteiger charge is 2.51. The van der Waals surface area contributed by atoms with Crippen LogP contribution in [-0.2, 0) is 4.74 Å². The predicted molar refractivity (Wildman–Crippen MR) is 132 cm³/mol. The number of nitrogens with one attached hydrogen (secondary N) is 1. The van der Waals surface area contributed by atoms with Crippen LogP contribution in [-0.4, -0.2) is 78.8 Å². The Kier molecular flexibility index (Phi) is 6.33. The minimum Gasteiger partial charge on any atom is -0.384 e. The van der Waals surface area contributed by atoms with Crippen LogP contribution in [0.1, 0.15) is 39.2 Å². The molecule has 2 N–H and O–H groups in total. The molecule has 3 fully saturated rings. The molecule has 2 saturated heterocycles. The third-order valence-corrected chi connectivity index (χ3v) is 7.10. The van der Waals surface area contributed by atoms with E-state index in [1.54, 1.807) is 23.9 Å². The summed E-state index contributed by atoms with van der Waals surface area (Å²) in [5.74, 6) is 0.318. The molecule has 180 valence electrons. The number of hydrogen-bond acceptors (Lipinski definition) is 5. The van der Waals surface area contributed by atoms with E-state index in [2.05, 4.69) is 43.6 Å². The number of para-hydroxylation sites is 1. The largest absolute Gasteiger partial charge is 0.384 e. The molecule has 2 aliphatic heterocycles. The van der Waals surface area contributed by atoms with E-state index >= 15 is 0 Å². The van der Waals surface area contributed by atoms with E-state index in [-0.39, 0.29) is 17.7 Å². The Morgan fingerprint density at radius 2 is 1.94 bits per heavy atom. The van der Waals surface area contributed by atoms with Crippen LogP contribution >= 0.6 is 0 Å². The van der Waals surface area contributed by atoms with E-state index in [0.717, 1.165) is 29.8 Å². The zero-order valence-electron chi connectivity index (χ0n) is 20.6. The van der Waals surface area contributed by atoms with Gasteiger partial charge in [-0.15, -0.1) is 0 Å². The smallest absolute Gasteiger partial charge is 0.322 e. The Morgan fingerprint density at radius 3 is 2.61 bits per heavy atom. The molecular formula is C26H38N4O3. The van der Waals surface area contributed by atoms with Crippen molar-refractivity contribution < 1.29 is 14.6 Å². The van der Waals surface area contributed by atoms with Crippen LogP contribution in [0.15, 0.2) is 42.5 Å². The molecular weight excluding hydrogens is 416 g/mol. The van der Waals surface area contributed by atoms with E-state index in [4.69, 9.17) is 4.74 Å². The van der Waals surface area contributed by atoms with Crippen molar-refractivity contribution in [2.45, 2.75) is 50.9 Å². The summed E-state index contributed by atoms with van der Waals surface area (Å²) in [6.07, 6.45) is 3.72. The number of urea groups is 1. The van der Waals surface area contributed by atoms with Gasteiger partial charge in [-0.2, -0.15) is 0 Å². The van der Waals surface area contributed by atoms with Crippen LogP contribution in [0.4, 0.5) is 10.5 Å². The van der Waals surface area contributed by atoms with E-state index in [0.29, 0.717) is 32.3 Å². The number of amides is 2. The van der Waals surface area contributed by atoms with Crippen LogP contribution in [0.2, 0.25) is 0 Å². The minimum atomic E-state index is -1.02. The van der Waals surface area contributed by atoms with Crippen molar-refractivity contribution in [1.29, 1.82) is 0 Å². The quantitative estimate of drug-likeness (QED) is 0.669. The van der Waals surface area contributed by atoms with Crippen molar-refractivity contribution in [3.63, 3.8) is 0 Å². The van der Waals surface area contributed by atoms with Gasteiger partial charge >= 0.3 is 6.03 Å². The van der Waals surface area contributed by atoms with Gasteiger partial charge in [0.05, 0.1) is 25.5 Å². The second kappa shape index (κ2) is 8.78. The van der Waals surface area contributed by atoms with Crippen molar-refractivity contribution in [2.75, 3.05) is 45.5 Å². The number of hydrogen-bond donors (Lipinski definition) is 2. The monoisotopic (exact) mass is 454 g/mol. The topological polar surface area (TPSA) is 68.3 Å². The number of fused-ring (bicyclic) bond motifs is 2. The third-order valence-electron chi connectivity index (χ3n) is 7.10. The lowest BCUT2D eigenvalue weighted by Crippen LogP contribution is -2.55. The molecule has 0 radical (unpaired) electrons. The molecule has 4 rings (SSSR count). The second-order valence-corrected chi connectivity index (χ2v) is 10.7. The molecule has 0 spiro atoms. The van der Waals surface area contributed by atoms with Crippen molar-refractivity contribution in [2.24, 2.45) is 5.92 Å². The second-order valence-electron chi connectivity index (χ2n) is 10.7. The minimum absolute atomic E-state index is 0.00438. The van der Waals surface area contributed by atoms with Gasteiger partial charge in [0.15, 0.2) is 0 Å². The number of carbonyl (C=O) groups is 1. The molecule has 7 nitrogen and oxygen atoms in total. The standard InChI is InChI=1S/C26H38N4O3/c1-18(21-9-7-8-10-22(21)30-16-28(5)24(31)29(6)17-30)26(32)14-20-13-23(26)27-15-19(20)11-12-33-25(2,3)4/h7-11,20,23,27,32H,1,12-17H2,2-6H3/b19-11-/t20-,23+,26-/m1/s1. The summed E-state index contributed by atoms with van der Waals surface area (Å²) in [5, 5.41) is 15.5. The lowest BCUT2D eigenvalue weighted by molar-refractivity contribution is 0.0145. The fourth-order valence-corrected chi connectivity index (χ4v) is 5.33. The number of ether oxygens (including phenoxy) is 1. The number of anilines is 1. The SMILES string of the molecule is C=C(c1ccccc1N1CN(C)C(=O)N(C)C1)[C@]1(O)C[C@H]2C[C@@H]1NC/C2=C/COC(C)(C)C. The lowest BCUT2D eigenvalue weighted by Gasteiger charge is -2.41. The molecule has 33 heavy (non-hydrogen) atoms. The zero-order valence-corrected chi connectivity index (χ0v) is 20.6. The maximum atomic E-state index is 12.2. The summed E-state index contributed by atoms with van der Waals surface area (Å²) in [6, 6.07) is 8.03. The molecule has 2 amide bonds. The van der Waals surface area contributed by atoms with Gasteiger partial charge in [-0.3, -0.25) is 0 Å². The Hall–Kier alpha value is -2.35. The van der Waals surface area contributed by atoms with Crippen LogP contribution in [0.3, 0.4) is 0 Å². The number of carbonyl (C=O) groups excluding carboxylic acids is 1. The Bertz CT molecular complexity index is 939. The average molecular weight is 455 g/mol. The Morgan fingerprint density at radius 1 is 1.27 bits per heavy atom. The molecule has 1 aromatic rings. The van der Waals surface area contributed by atoms with Crippen molar-refractivity contribution in [3.8, 4) is 0 Å². The first kappa shape index (κ1) is 23.8. The molecule has 0 unspecified atom stereocenters. The highest BCUT2D eigenvalue weighted by molar-refractivity contribution is 5.82. The molecule has 2 heterocycles. The van der Waals surface area contributed by atoms with Crippen LogP contribution in [0, 0.1) is 5.92 Å². The molecule has 3 aliphatic rings. The Balaban J connectivity index is 1.55. The molecule has 3 atom stereocenters. The van der Waals surface area contributed by atoms with Gasteiger partial charge in [-0.25, -0.2) is 4.79 Å². The van der Waals surface area contributed by atoms with Gasteiger partial charge in [-0.05, 0) is 51.2 Å². The van der Waals surface area contributed by atoms with E-state index in [9.17, 15) is 9.90 Å². The van der Waals surface area contributed by atoms with Crippen LogP contribution in [0.5, 0.6) is 0 Å². The average Bonchev–Trinajstić information content (AvgIpc) is 3.03. The van der Waals surface area contributed by atoms with E-state index in [1.165, 1.54) is 5.57 Å². The zero-order chi connectivity index (χ0) is 24.0. The highest BCUT2D eigenvalue weighted by atomic mass is 16.5. The number of benzene rings is 1. The first-order valence-electron chi connectivity index (χ1n) is 11.8. The van der Waals surface area contributed by atoms with E-state index < -0.39 is 5.60 Å². The summed E-state index contributed by atoms with van der Waals surface area (Å²) in [6.45, 7) is 12.9. The van der Waals surface area contributed by atoms with Crippen LogP contribution < -0.4 is 10.2 Å². The van der Waals surface area contributed by atoms with Gasteiger partial charge < -0.3 is 29.9 Å². The highest BCUT2D eigenvalue weighted by Crippen LogP contribution is 2.49. The molecule has 1 saturated carbocycles. The predicted octanol–water partition coefficient (Wildman–Crippen LogP) is 3.27. The van der Waals surface area contributed by atoms with Crippen LogP contribution in [0.25, 0.3) is 5.57 Å². The summed E-state index contributed by atoms with van der Waals surface area (Å²) < 4.78 is 5.89. The van der Waals surface area contributed by atoms with Gasteiger partial charge in [-0.1, -0.05) is 36.4 Å². The number of aliphatic hydroxyl groups is 1. The van der Waals surface area contributed by atoms with Gasteiger partial charge in [0.25, 0.3) is 0 Å². The summed E-state index contributed by atoms with van der Waals surface area (Å²) in [5.41, 5.74) is 2.78. The maximum absolute atomic E-state index is 12.2. The number of piperidine rings is 1. The summed E-state index contributed by atoms with van der Waals surface area (Å²) >= 11 is 0. The van der Waals surface area contributed by atoms with Gasteiger partial charge in [0, 0.05) is 37.9 Å². The Labute approximate surface area is 197 Å².